The van der Waals surface area contributed by atoms with E-state index < -0.39 is 59.8 Å². The summed E-state index contributed by atoms with van der Waals surface area (Å²) in [5.41, 5.74) is -0.220. The zero-order valence-corrected chi connectivity index (χ0v) is 19.1. The van der Waals surface area contributed by atoms with E-state index in [1.54, 1.807) is 6.92 Å². The summed E-state index contributed by atoms with van der Waals surface area (Å²) < 4.78 is 101. The number of ether oxygens (including phenoxy) is 3. The molecule has 9 heteroatoms. The van der Waals surface area contributed by atoms with Gasteiger partial charge in [-0.15, -0.1) is 0 Å². The molecule has 0 amide bonds. The average Bonchev–Trinajstić information content (AvgIpc) is 2.79. The lowest BCUT2D eigenvalue weighted by Gasteiger charge is -2.35. The van der Waals surface area contributed by atoms with E-state index in [1.165, 1.54) is 12.1 Å². The molecule has 1 saturated carbocycles. The smallest absolute Gasteiger partial charge is 0.254 e. The fourth-order valence-corrected chi connectivity index (χ4v) is 4.19. The van der Waals surface area contributed by atoms with Gasteiger partial charge < -0.3 is 14.2 Å². The Hall–Kier alpha value is -2.58. The Morgan fingerprint density at radius 3 is 2.00 bits per heavy atom. The molecule has 0 aliphatic heterocycles. The summed E-state index contributed by atoms with van der Waals surface area (Å²) in [5.74, 6) is -10.7. The van der Waals surface area contributed by atoms with Gasteiger partial charge in [-0.3, -0.25) is 0 Å². The van der Waals surface area contributed by atoms with Crippen molar-refractivity contribution in [2.75, 3.05) is 13.2 Å². The maximum atomic E-state index is 14.5. The molecule has 0 N–H and O–H groups in total. The highest BCUT2D eigenvalue weighted by molar-refractivity contribution is 5.36. The van der Waals surface area contributed by atoms with Gasteiger partial charge in [0.15, 0.2) is 23.1 Å². The maximum Gasteiger partial charge on any atom is 0.254 e. The molecule has 0 spiro atoms. The molecular formula is C25H28F6O3. The van der Waals surface area contributed by atoms with Gasteiger partial charge in [-0.2, -0.15) is 13.2 Å². The van der Waals surface area contributed by atoms with Crippen molar-refractivity contribution in [1.29, 1.82) is 0 Å². The Balaban J connectivity index is 1.63. The Morgan fingerprint density at radius 1 is 0.794 bits per heavy atom. The SMILES string of the molecule is CCCC1CCC(COc2ccc(OCc3ccc(OCC)c(F)c3F)c(F)c2F)C(F)(F)C1. The van der Waals surface area contributed by atoms with Crippen LogP contribution in [0.5, 0.6) is 17.2 Å². The van der Waals surface area contributed by atoms with Crippen LogP contribution < -0.4 is 14.2 Å². The summed E-state index contributed by atoms with van der Waals surface area (Å²) in [6, 6.07) is 4.53. The van der Waals surface area contributed by atoms with Gasteiger partial charge in [0.05, 0.1) is 19.1 Å². The Kier molecular flexibility index (Phi) is 8.60. The second kappa shape index (κ2) is 11.2. The van der Waals surface area contributed by atoms with Gasteiger partial charge in [-0.05, 0) is 49.9 Å². The van der Waals surface area contributed by atoms with Gasteiger partial charge in [0, 0.05) is 12.0 Å². The minimum atomic E-state index is -2.94. The van der Waals surface area contributed by atoms with E-state index in [1.807, 2.05) is 6.92 Å². The molecule has 0 bridgehead atoms. The lowest BCUT2D eigenvalue weighted by Crippen LogP contribution is -2.39. The van der Waals surface area contributed by atoms with Gasteiger partial charge in [0.1, 0.15) is 6.61 Å². The van der Waals surface area contributed by atoms with E-state index in [9.17, 15) is 26.3 Å². The molecule has 0 radical (unpaired) electrons. The number of alkyl halides is 2. The van der Waals surface area contributed by atoms with Crippen LogP contribution in [0.4, 0.5) is 26.3 Å². The van der Waals surface area contributed by atoms with Gasteiger partial charge in [0.25, 0.3) is 5.92 Å². The number of hydrogen-bond acceptors (Lipinski definition) is 3. The molecule has 3 rings (SSSR count). The number of hydrogen-bond donors (Lipinski definition) is 0. The van der Waals surface area contributed by atoms with Gasteiger partial charge in [0.2, 0.25) is 17.5 Å². The Bertz CT molecular complexity index is 982. The van der Waals surface area contributed by atoms with Crippen molar-refractivity contribution >= 4 is 0 Å². The third-order valence-electron chi connectivity index (χ3n) is 6.04. The maximum absolute atomic E-state index is 14.5. The summed E-state index contributed by atoms with van der Waals surface area (Å²) in [7, 11) is 0. The largest absolute Gasteiger partial charge is 0.491 e. The molecule has 188 valence electrons. The molecule has 1 fully saturated rings. The van der Waals surface area contributed by atoms with E-state index in [0.29, 0.717) is 6.42 Å². The molecule has 0 aromatic heterocycles. The lowest BCUT2D eigenvalue weighted by molar-refractivity contribution is -0.114. The highest BCUT2D eigenvalue weighted by atomic mass is 19.3. The third kappa shape index (κ3) is 5.91. The first kappa shape index (κ1) is 26.0. The van der Waals surface area contributed by atoms with Gasteiger partial charge in [-0.25, -0.2) is 13.2 Å². The van der Waals surface area contributed by atoms with Crippen LogP contribution in [0.25, 0.3) is 0 Å². The molecule has 1 aliphatic rings. The van der Waals surface area contributed by atoms with E-state index in [0.717, 1.165) is 25.0 Å². The average molecular weight is 490 g/mol. The quantitative estimate of drug-likeness (QED) is 0.324. The minimum absolute atomic E-state index is 0.0458. The van der Waals surface area contributed by atoms with Crippen LogP contribution in [-0.2, 0) is 6.61 Å². The molecule has 2 aromatic rings. The first-order valence-electron chi connectivity index (χ1n) is 11.4. The molecule has 2 atom stereocenters. The van der Waals surface area contributed by atoms with E-state index >= 15 is 0 Å². The van der Waals surface area contributed by atoms with Crippen LogP contribution in [0.15, 0.2) is 24.3 Å². The fourth-order valence-electron chi connectivity index (χ4n) is 4.19. The van der Waals surface area contributed by atoms with Gasteiger partial charge >= 0.3 is 0 Å². The summed E-state index contributed by atoms with van der Waals surface area (Å²) in [4.78, 5) is 0. The molecule has 0 saturated heterocycles. The van der Waals surface area contributed by atoms with Crippen LogP contribution in [0.2, 0.25) is 0 Å². The number of benzene rings is 2. The van der Waals surface area contributed by atoms with Crippen LogP contribution in [0.3, 0.4) is 0 Å². The van der Waals surface area contributed by atoms with Gasteiger partial charge in [-0.1, -0.05) is 19.8 Å². The van der Waals surface area contributed by atoms with Crippen molar-refractivity contribution in [3.63, 3.8) is 0 Å². The van der Waals surface area contributed by atoms with Crippen molar-refractivity contribution < 1.29 is 40.6 Å². The Labute approximate surface area is 195 Å². The van der Waals surface area contributed by atoms with Crippen molar-refractivity contribution in [3.8, 4) is 17.2 Å². The Morgan fingerprint density at radius 2 is 1.38 bits per heavy atom. The third-order valence-corrected chi connectivity index (χ3v) is 6.04. The number of rotatable bonds is 10. The summed E-state index contributed by atoms with van der Waals surface area (Å²) in [5, 5.41) is 0. The van der Waals surface area contributed by atoms with Crippen LogP contribution >= 0.6 is 0 Å². The summed E-state index contributed by atoms with van der Waals surface area (Å²) >= 11 is 0. The molecule has 0 heterocycles. The highest BCUT2D eigenvalue weighted by Crippen LogP contribution is 2.43. The monoisotopic (exact) mass is 490 g/mol. The molecule has 2 aromatic carbocycles. The summed E-state index contributed by atoms with van der Waals surface area (Å²) in [6.07, 6.45) is 2.22. The lowest BCUT2D eigenvalue weighted by atomic mass is 9.77. The topological polar surface area (TPSA) is 27.7 Å². The zero-order valence-electron chi connectivity index (χ0n) is 19.1. The molecular weight excluding hydrogens is 462 g/mol. The molecule has 1 aliphatic carbocycles. The first-order chi connectivity index (χ1) is 16.2. The van der Waals surface area contributed by atoms with Crippen LogP contribution in [0.1, 0.15) is 51.5 Å². The normalized spacial score (nSPS) is 19.6. The second-order valence-electron chi connectivity index (χ2n) is 8.47. The molecule has 3 nitrogen and oxygen atoms in total. The molecule has 34 heavy (non-hydrogen) atoms. The predicted molar refractivity (Wildman–Crippen MR) is 114 cm³/mol. The second-order valence-corrected chi connectivity index (χ2v) is 8.47. The van der Waals surface area contributed by atoms with Crippen molar-refractivity contribution in [2.24, 2.45) is 11.8 Å². The van der Waals surface area contributed by atoms with Crippen molar-refractivity contribution in [2.45, 2.75) is 58.5 Å². The predicted octanol–water partition coefficient (Wildman–Crippen LogP) is 7.45. The first-order valence-corrected chi connectivity index (χ1v) is 11.4. The molecule has 2 unspecified atom stereocenters. The van der Waals surface area contributed by atoms with Crippen molar-refractivity contribution in [3.05, 3.63) is 53.1 Å². The minimum Gasteiger partial charge on any atom is -0.491 e. The standard InChI is InChI=1S/C25H28F6O3/c1-3-5-15-6-8-17(25(30,31)12-15)14-34-20-11-10-19(23(28)24(20)29)33-13-16-7-9-18(32-4-2)22(27)21(16)26/h7,9-11,15,17H,3-6,8,12-14H2,1-2H3. The summed E-state index contributed by atoms with van der Waals surface area (Å²) in [6.45, 7) is 2.69. The van der Waals surface area contributed by atoms with E-state index in [4.69, 9.17) is 14.2 Å². The van der Waals surface area contributed by atoms with Crippen LogP contribution in [0, 0.1) is 35.1 Å². The van der Waals surface area contributed by atoms with Crippen molar-refractivity contribution in [1.82, 2.24) is 0 Å². The number of halogens is 6. The van der Waals surface area contributed by atoms with E-state index in [-0.39, 0.29) is 36.7 Å². The zero-order chi connectivity index (χ0) is 24.9. The highest BCUT2D eigenvalue weighted by Gasteiger charge is 2.45. The van der Waals surface area contributed by atoms with E-state index in [2.05, 4.69) is 0 Å². The fraction of sp³-hybridized carbons (Fsp3) is 0.520. The van der Waals surface area contributed by atoms with Crippen LogP contribution in [-0.4, -0.2) is 19.1 Å².